The van der Waals surface area contributed by atoms with Gasteiger partial charge in [0, 0.05) is 86.9 Å². The Bertz CT molecular complexity index is 1390. The Morgan fingerprint density at radius 3 is 2.35 bits per heavy atom. The zero-order valence-corrected chi connectivity index (χ0v) is 30.7. The summed E-state index contributed by atoms with van der Waals surface area (Å²) >= 11 is 10.2. The van der Waals surface area contributed by atoms with Gasteiger partial charge in [-0.3, -0.25) is 24.4 Å². The number of hydrogen-bond acceptors (Lipinski definition) is 5. The molecule has 2 aromatic rings. The first-order chi connectivity index (χ1) is 21.8. The molecule has 3 saturated heterocycles. The highest BCUT2D eigenvalue weighted by atomic mass is 79.9. The summed E-state index contributed by atoms with van der Waals surface area (Å²) in [5.41, 5.74) is 4.80. The fourth-order valence-electron chi connectivity index (χ4n) is 8.74. The average molecular weight is 713 g/mol. The number of carbonyl (C=O) groups excluding carboxylic acids is 2. The predicted molar refractivity (Wildman–Crippen MR) is 188 cm³/mol. The molecule has 2 amide bonds. The minimum atomic E-state index is -0.322. The van der Waals surface area contributed by atoms with E-state index in [-0.39, 0.29) is 22.9 Å². The van der Waals surface area contributed by atoms with Crippen molar-refractivity contribution in [3.05, 3.63) is 62.3 Å². The van der Waals surface area contributed by atoms with Crippen molar-refractivity contribution in [2.24, 2.45) is 11.3 Å². The van der Waals surface area contributed by atoms with Gasteiger partial charge in [0.1, 0.15) is 0 Å². The van der Waals surface area contributed by atoms with Crippen molar-refractivity contribution in [3.63, 3.8) is 0 Å². The topological polar surface area (TPSA) is 60.0 Å². The first-order valence-corrected chi connectivity index (χ1v) is 18.5. The first kappa shape index (κ1) is 33.9. The summed E-state index contributed by atoms with van der Waals surface area (Å²) in [5.74, 6) is 0.819. The van der Waals surface area contributed by atoms with E-state index in [0.29, 0.717) is 24.3 Å². The molecule has 7 nitrogen and oxygen atoms in total. The Hall–Kier alpha value is -2.00. The van der Waals surface area contributed by atoms with Crippen LogP contribution < -0.4 is 0 Å². The molecule has 2 unspecified atom stereocenters. The van der Waals surface area contributed by atoms with Crippen molar-refractivity contribution in [1.82, 2.24) is 24.6 Å². The molecular weight excluding hydrogens is 662 g/mol. The highest BCUT2D eigenvalue weighted by molar-refractivity contribution is 9.10. The van der Waals surface area contributed by atoms with E-state index in [0.717, 1.165) is 93.8 Å². The molecule has 1 aromatic heterocycles. The molecule has 0 spiro atoms. The molecule has 9 heteroatoms. The Morgan fingerprint density at radius 1 is 0.978 bits per heavy atom. The molecule has 4 aliphatic rings. The number of carbonyl (C=O) groups is 2. The number of aryl methyl sites for hydroxylation is 2. The van der Waals surface area contributed by atoms with E-state index in [1.165, 1.54) is 22.4 Å². The number of fused-ring (bicyclic) bond motifs is 2. The Balaban J connectivity index is 1.14. The van der Waals surface area contributed by atoms with Crippen LogP contribution in [0, 0.1) is 11.3 Å². The maximum Gasteiger partial charge on any atom is 0.223 e. The van der Waals surface area contributed by atoms with Crippen LogP contribution in [0.2, 0.25) is 5.02 Å². The normalized spacial score (nSPS) is 25.6. The third-order valence-corrected chi connectivity index (χ3v) is 12.2. The molecule has 2 atom stereocenters. The SMILES string of the molecule is CC(=O)N1CCC(CC(=O)N2CCN(C3CCN(C4(C)c5ccc(Cl)cc5CCc5cc(Br)cnc54)CC3)CC2C(C)(C)C)CC1. The molecule has 3 aliphatic heterocycles. The van der Waals surface area contributed by atoms with Crippen molar-refractivity contribution < 1.29 is 9.59 Å². The summed E-state index contributed by atoms with van der Waals surface area (Å²) in [6.45, 7) is 17.1. The number of halogens is 2. The number of aromatic nitrogens is 1. The lowest BCUT2D eigenvalue weighted by atomic mass is 9.81. The number of likely N-dealkylation sites (tertiary alicyclic amines) is 2. The molecule has 1 aliphatic carbocycles. The maximum atomic E-state index is 13.7. The van der Waals surface area contributed by atoms with Crippen LogP contribution in [-0.2, 0) is 28.0 Å². The molecule has 4 heterocycles. The Kier molecular flexibility index (Phi) is 9.93. The van der Waals surface area contributed by atoms with Gasteiger partial charge < -0.3 is 9.80 Å². The summed E-state index contributed by atoms with van der Waals surface area (Å²) in [7, 11) is 0. The molecule has 250 valence electrons. The predicted octanol–water partition coefficient (Wildman–Crippen LogP) is 6.53. The lowest BCUT2D eigenvalue weighted by Gasteiger charge is -2.52. The number of nitrogens with zero attached hydrogens (tertiary/aromatic N) is 5. The second-order valence-electron chi connectivity index (χ2n) is 15.4. The van der Waals surface area contributed by atoms with Gasteiger partial charge in [0.25, 0.3) is 0 Å². The van der Waals surface area contributed by atoms with Gasteiger partial charge in [-0.25, -0.2) is 0 Å². The van der Waals surface area contributed by atoms with E-state index in [4.69, 9.17) is 16.6 Å². The van der Waals surface area contributed by atoms with Crippen LogP contribution >= 0.6 is 27.5 Å². The van der Waals surface area contributed by atoms with Gasteiger partial charge in [0.15, 0.2) is 0 Å². The van der Waals surface area contributed by atoms with E-state index in [1.54, 1.807) is 6.92 Å². The molecule has 6 rings (SSSR count). The van der Waals surface area contributed by atoms with Crippen LogP contribution in [0.25, 0.3) is 0 Å². The zero-order valence-electron chi connectivity index (χ0n) is 28.3. The summed E-state index contributed by atoms with van der Waals surface area (Å²) in [5, 5.41) is 0.796. The van der Waals surface area contributed by atoms with E-state index >= 15 is 0 Å². The monoisotopic (exact) mass is 711 g/mol. The van der Waals surface area contributed by atoms with Gasteiger partial charge in [0.2, 0.25) is 11.8 Å². The molecule has 46 heavy (non-hydrogen) atoms. The fraction of sp³-hybridized carbons (Fsp3) is 0.649. The number of hydrogen-bond donors (Lipinski definition) is 0. The Labute approximate surface area is 289 Å². The highest BCUT2D eigenvalue weighted by Gasteiger charge is 2.45. The van der Waals surface area contributed by atoms with Crippen LogP contribution in [0.5, 0.6) is 0 Å². The number of piperidine rings is 2. The largest absolute Gasteiger partial charge is 0.343 e. The van der Waals surface area contributed by atoms with Crippen molar-refractivity contribution in [1.29, 1.82) is 0 Å². The smallest absolute Gasteiger partial charge is 0.223 e. The van der Waals surface area contributed by atoms with Crippen molar-refractivity contribution in [2.45, 2.75) is 97.2 Å². The van der Waals surface area contributed by atoms with Gasteiger partial charge in [-0.15, -0.1) is 0 Å². The summed E-state index contributed by atoms with van der Waals surface area (Å²) in [4.78, 5) is 40.1. The molecule has 0 saturated carbocycles. The van der Waals surface area contributed by atoms with E-state index in [9.17, 15) is 9.59 Å². The van der Waals surface area contributed by atoms with Crippen LogP contribution in [-0.4, -0.2) is 94.3 Å². The first-order valence-electron chi connectivity index (χ1n) is 17.3. The third-order valence-electron chi connectivity index (χ3n) is 11.5. The molecule has 1 aromatic carbocycles. The number of amides is 2. The molecular formula is C37H51BrClN5O2. The van der Waals surface area contributed by atoms with Crippen LogP contribution in [0.15, 0.2) is 34.9 Å². The number of piperazine rings is 1. The van der Waals surface area contributed by atoms with Crippen molar-refractivity contribution in [2.75, 3.05) is 45.8 Å². The van der Waals surface area contributed by atoms with E-state index in [1.807, 2.05) is 17.2 Å². The van der Waals surface area contributed by atoms with Gasteiger partial charge in [-0.2, -0.15) is 0 Å². The van der Waals surface area contributed by atoms with Gasteiger partial charge in [-0.05, 0) is 108 Å². The van der Waals surface area contributed by atoms with E-state index < -0.39 is 0 Å². The van der Waals surface area contributed by atoms with Crippen LogP contribution in [0.3, 0.4) is 0 Å². The van der Waals surface area contributed by atoms with Crippen molar-refractivity contribution in [3.8, 4) is 0 Å². The van der Waals surface area contributed by atoms with Gasteiger partial charge in [-0.1, -0.05) is 38.4 Å². The Morgan fingerprint density at radius 2 is 1.67 bits per heavy atom. The number of benzene rings is 1. The van der Waals surface area contributed by atoms with Crippen LogP contribution in [0.4, 0.5) is 0 Å². The fourth-order valence-corrected chi connectivity index (χ4v) is 9.31. The summed E-state index contributed by atoms with van der Waals surface area (Å²) in [6, 6.07) is 9.38. The summed E-state index contributed by atoms with van der Waals surface area (Å²) in [6.07, 6.45) is 8.53. The number of rotatable bonds is 4. The number of pyridine rings is 1. The minimum absolute atomic E-state index is 0.00448. The minimum Gasteiger partial charge on any atom is -0.343 e. The standard InChI is InChI=1S/C37H51BrClN5O2/c1-25(45)41-14-10-26(11-15-41)20-34(46)44-19-18-42(24-33(44)36(2,3)4)31-12-16-43(17-13-31)37(5)32-9-8-30(39)22-27(32)6-7-28-21-29(38)23-40-35(28)37/h8-9,21-23,26,31,33H,6-7,10-20,24H2,1-5H3. The van der Waals surface area contributed by atoms with Crippen LogP contribution in [0.1, 0.15) is 89.1 Å². The lowest BCUT2D eigenvalue weighted by molar-refractivity contribution is -0.142. The second kappa shape index (κ2) is 13.5. The van der Waals surface area contributed by atoms with E-state index in [2.05, 4.69) is 76.5 Å². The van der Waals surface area contributed by atoms with Gasteiger partial charge >= 0.3 is 0 Å². The lowest BCUT2D eigenvalue weighted by Crippen LogP contribution is -2.63. The van der Waals surface area contributed by atoms with Crippen molar-refractivity contribution >= 4 is 39.3 Å². The average Bonchev–Trinajstić information content (AvgIpc) is 3.14. The second-order valence-corrected chi connectivity index (χ2v) is 16.7. The zero-order chi connectivity index (χ0) is 32.8. The molecule has 3 fully saturated rings. The maximum absolute atomic E-state index is 13.7. The summed E-state index contributed by atoms with van der Waals surface area (Å²) < 4.78 is 1.03. The third kappa shape index (κ3) is 6.79. The molecule has 0 radical (unpaired) electrons. The quantitative estimate of drug-likeness (QED) is 0.361. The molecule has 0 bridgehead atoms. The molecule has 0 N–H and O–H groups in total. The van der Waals surface area contributed by atoms with Gasteiger partial charge in [0.05, 0.1) is 11.2 Å². The highest BCUT2D eigenvalue weighted by Crippen LogP contribution is 2.44.